The molecule has 2 N–H and O–H groups in total. The van der Waals surface area contributed by atoms with Gasteiger partial charge >= 0.3 is 0 Å². The van der Waals surface area contributed by atoms with Crippen molar-refractivity contribution in [1.82, 2.24) is 10.2 Å². The summed E-state index contributed by atoms with van der Waals surface area (Å²) in [5.41, 5.74) is 0. The Morgan fingerprint density at radius 3 is 3.07 bits per heavy atom. The summed E-state index contributed by atoms with van der Waals surface area (Å²) in [7, 11) is 1.86. The van der Waals surface area contributed by atoms with E-state index in [0.29, 0.717) is 12.6 Å². The van der Waals surface area contributed by atoms with Crippen molar-refractivity contribution >= 4 is 0 Å². The van der Waals surface area contributed by atoms with E-state index in [1.54, 1.807) is 0 Å². The van der Waals surface area contributed by atoms with Crippen molar-refractivity contribution in [3.63, 3.8) is 0 Å². The lowest BCUT2D eigenvalue weighted by molar-refractivity contribution is -0.0411. The summed E-state index contributed by atoms with van der Waals surface area (Å²) in [4.78, 5) is 2.28. The number of nitrogens with zero attached hydrogens (tertiary/aromatic N) is 1. The zero-order valence-corrected chi connectivity index (χ0v) is 9.20. The number of aliphatic hydroxyl groups is 1. The Hall–Kier alpha value is -0.160. The highest BCUT2D eigenvalue weighted by Gasteiger charge is 2.20. The van der Waals surface area contributed by atoms with Gasteiger partial charge in [-0.05, 0) is 13.5 Å². The smallest absolute Gasteiger partial charge is 0.0791 e. The molecule has 4 nitrogen and oxygen atoms in total. The minimum atomic E-state index is -0.268. The predicted molar refractivity (Wildman–Crippen MR) is 56.4 cm³/mol. The van der Waals surface area contributed by atoms with Gasteiger partial charge in [0.05, 0.1) is 18.8 Å². The van der Waals surface area contributed by atoms with E-state index in [0.717, 1.165) is 32.7 Å². The molecule has 0 saturated carbocycles. The number of ether oxygens (including phenoxy) is 1. The van der Waals surface area contributed by atoms with E-state index in [9.17, 15) is 5.11 Å². The summed E-state index contributed by atoms with van der Waals surface area (Å²) in [6.07, 6.45) is 1.14. The van der Waals surface area contributed by atoms with Gasteiger partial charge in [0.1, 0.15) is 0 Å². The van der Waals surface area contributed by atoms with Gasteiger partial charge in [-0.25, -0.2) is 0 Å². The van der Waals surface area contributed by atoms with Crippen molar-refractivity contribution in [1.29, 1.82) is 0 Å². The van der Waals surface area contributed by atoms with Crippen LogP contribution in [0.15, 0.2) is 0 Å². The molecule has 0 aromatic heterocycles. The summed E-state index contributed by atoms with van der Waals surface area (Å²) in [5.74, 6) is 0. The molecule has 84 valence electrons. The highest BCUT2D eigenvalue weighted by atomic mass is 16.5. The van der Waals surface area contributed by atoms with Crippen molar-refractivity contribution in [2.75, 3.05) is 39.8 Å². The molecule has 1 saturated heterocycles. The van der Waals surface area contributed by atoms with Crippen LogP contribution in [0.5, 0.6) is 0 Å². The average Bonchev–Trinajstić information content (AvgIpc) is 2.18. The van der Waals surface area contributed by atoms with Crippen LogP contribution in [-0.2, 0) is 4.74 Å². The van der Waals surface area contributed by atoms with Gasteiger partial charge in [0, 0.05) is 26.2 Å². The Labute approximate surface area is 86.2 Å². The fraction of sp³-hybridized carbons (Fsp3) is 1.00. The molecule has 14 heavy (non-hydrogen) atoms. The zero-order chi connectivity index (χ0) is 10.4. The molecule has 0 aromatic rings. The summed E-state index contributed by atoms with van der Waals surface area (Å²) in [6.45, 7) is 6.24. The second kappa shape index (κ2) is 6.35. The molecule has 0 amide bonds. The molecule has 4 heteroatoms. The molecule has 0 spiro atoms. The molecule has 1 rings (SSSR count). The summed E-state index contributed by atoms with van der Waals surface area (Å²) >= 11 is 0. The Bertz CT molecular complexity index is 155. The third kappa shape index (κ3) is 3.92. The van der Waals surface area contributed by atoms with E-state index in [4.69, 9.17) is 4.74 Å². The van der Waals surface area contributed by atoms with E-state index in [-0.39, 0.29) is 6.10 Å². The van der Waals surface area contributed by atoms with Gasteiger partial charge in [-0.2, -0.15) is 0 Å². The van der Waals surface area contributed by atoms with Crippen molar-refractivity contribution in [2.24, 2.45) is 0 Å². The van der Waals surface area contributed by atoms with Gasteiger partial charge in [0.25, 0.3) is 0 Å². The first kappa shape index (κ1) is 11.9. The van der Waals surface area contributed by atoms with Crippen LogP contribution in [0.2, 0.25) is 0 Å². The quantitative estimate of drug-likeness (QED) is 0.641. The van der Waals surface area contributed by atoms with Crippen LogP contribution >= 0.6 is 0 Å². The second-order valence-corrected chi connectivity index (χ2v) is 3.87. The molecule has 1 aliphatic heterocycles. The monoisotopic (exact) mass is 202 g/mol. The van der Waals surface area contributed by atoms with Crippen LogP contribution in [0.3, 0.4) is 0 Å². The van der Waals surface area contributed by atoms with Gasteiger partial charge in [0.2, 0.25) is 0 Å². The van der Waals surface area contributed by atoms with Crippen LogP contribution in [-0.4, -0.2) is 62.0 Å². The van der Waals surface area contributed by atoms with Gasteiger partial charge in [-0.1, -0.05) is 6.92 Å². The Morgan fingerprint density at radius 2 is 2.43 bits per heavy atom. The van der Waals surface area contributed by atoms with Gasteiger partial charge in [-0.3, -0.25) is 4.90 Å². The van der Waals surface area contributed by atoms with Crippen LogP contribution in [0.25, 0.3) is 0 Å². The molecule has 0 aliphatic carbocycles. The largest absolute Gasteiger partial charge is 0.390 e. The summed E-state index contributed by atoms with van der Waals surface area (Å²) in [6, 6.07) is 0. The van der Waals surface area contributed by atoms with Crippen LogP contribution < -0.4 is 5.32 Å². The van der Waals surface area contributed by atoms with Crippen molar-refractivity contribution in [3.05, 3.63) is 0 Å². The summed E-state index contributed by atoms with van der Waals surface area (Å²) < 4.78 is 5.56. The van der Waals surface area contributed by atoms with Gasteiger partial charge in [-0.15, -0.1) is 0 Å². The lowest BCUT2D eigenvalue weighted by Gasteiger charge is -2.33. The van der Waals surface area contributed by atoms with E-state index < -0.39 is 0 Å². The first-order valence-electron chi connectivity index (χ1n) is 5.42. The lowest BCUT2D eigenvalue weighted by atomic mass is 10.2. The number of rotatable bonds is 5. The van der Waals surface area contributed by atoms with E-state index in [1.165, 1.54) is 0 Å². The maximum atomic E-state index is 9.62. The molecule has 0 radical (unpaired) electrons. The number of hydrogen-bond donors (Lipinski definition) is 2. The minimum absolute atomic E-state index is 0.268. The first-order chi connectivity index (χ1) is 6.76. The Kier molecular flexibility index (Phi) is 5.40. The molecular formula is C10H22N2O2. The summed E-state index contributed by atoms with van der Waals surface area (Å²) in [5, 5.41) is 12.6. The number of nitrogens with one attached hydrogen (secondary N) is 1. The Balaban J connectivity index is 2.22. The number of morpholine rings is 1. The van der Waals surface area contributed by atoms with E-state index in [2.05, 4.69) is 17.1 Å². The molecule has 0 aromatic carbocycles. The van der Waals surface area contributed by atoms with Crippen LogP contribution in [0, 0.1) is 0 Å². The minimum Gasteiger partial charge on any atom is -0.390 e. The zero-order valence-electron chi connectivity index (χ0n) is 9.20. The fourth-order valence-corrected chi connectivity index (χ4v) is 1.79. The van der Waals surface area contributed by atoms with Crippen LogP contribution in [0.1, 0.15) is 13.3 Å². The van der Waals surface area contributed by atoms with Crippen LogP contribution in [0.4, 0.5) is 0 Å². The topological polar surface area (TPSA) is 44.7 Å². The highest BCUT2D eigenvalue weighted by molar-refractivity contribution is 4.73. The van der Waals surface area contributed by atoms with Crippen molar-refractivity contribution in [2.45, 2.75) is 25.6 Å². The third-order valence-corrected chi connectivity index (χ3v) is 2.59. The molecule has 2 unspecified atom stereocenters. The number of aliphatic hydroxyl groups excluding tert-OH is 1. The number of likely N-dealkylation sites (N-methyl/N-ethyl adjacent to an activating group) is 1. The van der Waals surface area contributed by atoms with Gasteiger partial charge < -0.3 is 15.2 Å². The van der Waals surface area contributed by atoms with E-state index in [1.807, 2.05) is 7.05 Å². The molecule has 1 heterocycles. The molecule has 1 aliphatic rings. The second-order valence-electron chi connectivity index (χ2n) is 3.87. The highest BCUT2D eigenvalue weighted by Crippen LogP contribution is 2.08. The molecule has 2 atom stereocenters. The standard InChI is InChI=1S/C10H22N2O2/c1-3-10-8-12(4-5-14-10)7-9(13)6-11-2/h9-11,13H,3-8H2,1-2H3. The fourth-order valence-electron chi connectivity index (χ4n) is 1.79. The maximum Gasteiger partial charge on any atom is 0.0791 e. The number of hydrogen-bond acceptors (Lipinski definition) is 4. The average molecular weight is 202 g/mol. The van der Waals surface area contributed by atoms with Gasteiger partial charge in [0.15, 0.2) is 0 Å². The molecule has 0 bridgehead atoms. The Morgan fingerprint density at radius 1 is 1.64 bits per heavy atom. The molecule has 1 fully saturated rings. The number of β-amino-alcohol motifs (C(OH)–C–C–N with tert-alkyl or cyclic N) is 1. The third-order valence-electron chi connectivity index (χ3n) is 2.59. The SMILES string of the molecule is CCC1CN(CC(O)CNC)CCO1. The predicted octanol–water partition coefficient (Wildman–Crippen LogP) is -0.322. The van der Waals surface area contributed by atoms with Crippen molar-refractivity contribution < 1.29 is 9.84 Å². The lowest BCUT2D eigenvalue weighted by Crippen LogP contribution is -2.46. The first-order valence-corrected chi connectivity index (χ1v) is 5.42. The maximum absolute atomic E-state index is 9.62. The van der Waals surface area contributed by atoms with Crippen molar-refractivity contribution in [3.8, 4) is 0 Å². The van der Waals surface area contributed by atoms with E-state index >= 15 is 0 Å². The normalized spacial score (nSPS) is 26.4. The molecular weight excluding hydrogens is 180 g/mol.